The molecule has 5 heteroatoms. The second-order valence-corrected chi connectivity index (χ2v) is 4.15. The van der Waals surface area contributed by atoms with Gasteiger partial charge < -0.3 is 19.9 Å². The number of cyclic esters (lactones) is 1. The lowest BCUT2D eigenvalue weighted by Crippen LogP contribution is -2.28. The van der Waals surface area contributed by atoms with Crippen molar-refractivity contribution in [3.05, 3.63) is 35.4 Å². The molecule has 1 aliphatic heterocycles. The third kappa shape index (κ3) is 3.19. The van der Waals surface area contributed by atoms with Gasteiger partial charge in [0.05, 0.1) is 14.3 Å². The molecule has 0 bridgehead atoms. The number of likely N-dealkylation sites (N-methyl/N-ethyl adjacent to an activating group) is 1. The van der Waals surface area contributed by atoms with E-state index in [1.807, 2.05) is 5.32 Å². The van der Waals surface area contributed by atoms with Gasteiger partial charge in [0.25, 0.3) is 0 Å². The Balaban J connectivity index is 2.38. The van der Waals surface area contributed by atoms with Gasteiger partial charge in [0.15, 0.2) is 0 Å². The Kier molecular flexibility index (Phi) is 1.30. The van der Waals surface area contributed by atoms with Crippen LogP contribution in [0.3, 0.4) is 0 Å². The summed E-state index contributed by atoms with van der Waals surface area (Å²) in [6.07, 6.45) is -8.57. The number of carbonyl (C=O) groups excluding carboxylic acids is 1. The summed E-state index contributed by atoms with van der Waals surface area (Å²) >= 11 is 0. The molecule has 1 aromatic carbocycles. The maximum atomic E-state index is 11.6. The fraction of sp³-hybridized carbons (Fsp3) is 0.438. The van der Waals surface area contributed by atoms with Crippen molar-refractivity contribution < 1.29 is 30.1 Å². The average molecular weight is 302 g/mol. The third-order valence-corrected chi connectivity index (χ3v) is 2.54. The summed E-state index contributed by atoms with van der Waals surface area (Å²) in [6.45, 7) is -9.37. The van der Waals surface area contributed by atoms with E-state index in [2.05, 4.69) is 9.72 Å². The van der Waals surface area contributed by atoms with Crippen LogP contribution in [0.4, 0.5) is 4.79 Å². The van der Waals surface area contributed by atoms with Gasteiger partial charge in [-0.25, -0.2) is 4.79 Å². The number of fused-ring (bicyclic) bond motifs is 1. The Morgan fingerprint density at radius 1 is 1.67 bits per heavy atom. The van der Waals surface area contributed by atoms with E-state index in [0.717, 1.165) is 7.05 Å². The molecule has 21 heavy (non-hydrogen) atoms. The molecule has 0 spiro atoms. The number of amides is 1. The van der Waals surface area contributed by atoms with Crippen molar-refractivity contribution in [1.82, 2.24) is 15.2 Å². The first-order chi connectivity index (χ1) is 16.0. The lowest BCUT2D eigenvalue weighted by atomic mass is 10.0. The molecule has 1 amide bonds. The molecule has 3 rings (SSSR count). The zero-order valence-corrected chi connectivity index (χ0v) is 10.8. The molecule has 2 aromatic rings. The second kappa shape index (κ2) is 5.77. The van der Waals surface area contributed by atoms with E-state index in [-0.39, 0.29) is 4.90 Å². The highest BCUT2D eigenvalue weighted by atomic mass is 16.6. The predicted molar refractivity (Wildman–Crippen MR) is 82.5 cm³/mol. The first kappa shape index (κ1) is 4.74. The molecule has 1 aliphatic rings. The van der Waals surface area contributed by atoms with E-state index >= 15 is 0 Å². The largest absolute Gasteiger partial charge is 0.447 e. The predicted octanol–water partition coefficient (Wildman–Crippen LogP) is 1.92. The summed E-state index contributed by atoms with van der Waals surface area (Å²) in [7, 11) is 0.789. The normalized spacial score (nSPS) is 33.7. The maximum absolute atomic E-state index is 11.6. The van der Waals surface area contributed by atoms with Crippen LogP contribution in [0.2, 0.25) is 0 Å². The van der Waals surface area contributed by atoms with Gasteiger partial charge in [0.1, 0.15) is 6.56 Å². The molecule has 1 fully saturated rings. The topological polar surface area (TPSA) is 57.4 Å². The molecular weight excluding hydrogens is 266 g/mol. The molecule has 0 aliphatic carbocycles. The monoisotopic (exact) mass is 302 g/mol. The Morgan fingerprint density at radius 3 is 3.33 bits per heavy atom. The molecule has 112 valence electrons. The average Bonchev–Trinajstić information content (AvgIpc) is 3.20. The van der Waals surface area contributed by atoms with Gasteiger partial charge in [-0.05, 0) is 50.0 Å². The number of carbonyl (C=O) groups is 1. The van der Waals surface area contributed by atoms with E-state index in [1.165, 1.54) is 0 Å². The van der Waals surface area contributed by atoms with E-state index in [4.69, 9.17) is 20.6 Å². The number of aryl methyl sites for hydroxylation is 1. The second-order valence-electron chi connectivity index (χ2n) is 4.15. The van der Waals surface area contributed by atoms with Crippen LogP contribution in [-0.4, -0.2) is 49.1 Å². The zero-order valence-electron chi connectivity index (χ0n) is 25.8. The Bertz CT molecular complexity index is 1240. The van der Waals surface area contributed by atoms with Crippen molar-refractivity contribution in [3.63, 3.8) is 0 Å². The van der Waals surface area contributed by atoms with Gasteiger partial charge in [0.2, 0.25) is 0 Å². The molecule has 2 N–H and O–H groups in total. The van der Waals surface area contributed by atoms with E-state index < -0.39 is 91.2 Å². The van der Waals surface area contributed by atoms with Crippen LogP contribution in [-0.2, 0) is 17.5 Å². The summed E-state index contributed by atoms with van der Waals surface area (Å²) in [4.78, 5) is 14.0. The number of rotatable bonds is 5. The van der Waals surface area contributed by atoms with Crippen molar-refractivity contribution in [1.29, 1.82) is 0 Å². The highest BCUT2D eigenvalue weighted by molar-refractivity contribution is 5.84. The number of hydrogen-bond donors (Lipinski definition) is 2. The third-order valence-electron chi connectivity index (χ3n) is 2.54. The number of hydrogen-bond acceptors (Lipinski definition) is 3. The van der Waals surface area contributed by atoms with Crippen LogP contribution < -0.4 is 5.32 Å². The molecule has 1 atom stereocenters. The first-order valence-corrected chi connectivity index (χ1v) is 5.87. The van der Waals surface area contributed by atoms with E-state index in [9.17, 15) is 4.79 Å². The number of nitrogens with zero attached hydrogens (tertiary/aromatic N) is 1. The quantitative estimate of drug-likeness (QED) is 0.887. The Hall–Kier alpha value is -2.01. The minimum Gasteiger partial charge on any atom is -0.447 e. The molecule has 2 heterocycles. The maximum Gasteiger partial charge on any atom is 0.407 e. The number of alkyl carbamates (subject to hydrolysis) is 1. The molecule has 1 aromatic heterocycles. The lowest BCUT2D eigenvalue weighted by Gasteiger charge is -2.09. The summed E-state index contributed by atoms with van der Waals surface area (Å²) in [5.41, 5.74) is -2.32. The number of nitrogens with one attached hydrogen (secondary N) is 2. The van der Waals surface area contributed by atoms with Gasteiger partial charge in [-0.15, -0.1) is 0 Å². The molecule has 1 saturated heterocycles. The van der Waals surface area contributed by atoms with Crippen LogP contribution in [0.5, 0.6) is 0 Å². The first-order valence-electron chi connectivity index (χ1n) is 13.4. The summed E-state index contributed by atoms with van der Waals surface area (Å²) < 4.78 is 126. The fourth-order valence-corrected chi connectivity index (χ4v) is 1.68. The van der Waals surface area contributed by atoms with Gasteiger partial charge >= 0.3 is 6.09 Å². The number of benzene rings is 1. The fourth-order valence-electron chi connectivity index (χ4n) is 1.68. The van der Waals surface area contributed by atoms with Crippen LogP contribution in [0.25, 0.3) is 10.9 Å². The minimum atomic E-state index is -3.33. The SMILES string of the molecule is [2H]c1[nH]c2c([2H])c([2H])c(C([2H])([2H])[C@@H]3NC(=O)OC3([2H])[2H])c([2H])c2c1C([2H])([2H])C([2H])([2H])N(C)C([2H])([2H])[2H]. The molecule has 5 nitrogen and oxygen atoms in total. The summed E-state index contributed by atoms with van der Waals surface area (Å²) in [5.74, 6) is 0. The van der Waals surface area contributed by atoms with Crippen LogP contribution in [0, 0.1) is 0 Å². The highest BCUT2D eigenvalue weighted by Gasteiger charge is 2.22. The highest BCUT2D eigenvalue weighted by Crippen LogP contribution is 2.21. The van der Waals surface area contributed by atoms with Crippen molar-refractivity contribution in [2.45, 2.75) is 18.8 Å². The number of aromatic amines is 1. The van der Waals surface area contributed by atoms with E-state index in [1.54, 1.807) is 0 Å². The van der Waals surface area contributed by atoms with Gasteiger partial charge in [-0.1, -0.05) is 6.04 Å². The molecular formula is C16H21N3O2. The lowest BCUT2D eigenvalue weighted by molar-refractivity contribution is 0.177. The van der Waals surface area contributed by atoms with Crippen molar-refractivity contribution in [2.24, 2.45) is 0 Å². The Labute approximate surface area is 145 Å². The smallest absolute Gasteiger partial charge is 0.407 e. The molecule has 0 radical (unpaired) electrons. The number of ether oxygens (including phenoxy) is 1. The van der Waals surface area contributed by atoms with Crippen LogP contribution >= 0.6 is 0 Å². The van der Waals surface area contributed by atoms with Crippen LogP contribution in [0.1, 0.15) is 31.7 Å². The van der Waals surface area contributed by atoms with Crippen LogP contribution in [0.15, 0.2) is 24.3 Å². The van der Waals surface area contributed by atoms with Gasteiger partial charge in [0, 0.05) is 35.9 Å². The molecule has 0 unspecified atom stereocenters. The van der Waals surface area contributed by atoms with Gasteiger partial charge in [-0.2, -0.15) is 0 Å². The van der Waals surface area contributed by atoms with Crippen molar-refractivity contribution >= 4 is 17.0 Å². The summed E-state index contributed by atoms with van der Waals surface area (Å²) in [5, 5.41) is 1.26. The minimum absolute atomic E-state index is 0.114. The van der Waals surface area contributed by atoms with E-state index in [0.29, 0.717) is 0 Å². The van der Waals surface area contributed by atoms with Crippen molar-refractivity contribution in [2.75, 3.05) is 27.1 Å². The summed E-state index contributed by atoms with van der Waals surface area (Å²) in [6, 6.07) is -4.81. The number of H-pyrrole nitrogens is 1. The zero-order chi connectivity index (χ0) is 28.0. The number of aromatic nitrogens is 1. The standard InChI is InChI=1S/C16H21N3O2/c1-19(2)6-5-12-9-17-15-4-3-11(8-14(12)15)7-13-10-21-16(20)18-13/h3-4,8-9,13,17H,5-7,10H2,1-2H3,(H,18,20)/t13-/m0/s1/i1D3,3D,4D,5D2,6D2,7D2,8D,9D,10D2. The van der Waals surface area contributed by atoms with Gasteiger partial charge in [-0.3, -0.25) is 0 Å². The molecule has 0 saturated carbocycles. The van der Waals surface area contributed by atoms with Crippen molar-refractivity contribution in [3.8, 4) is 0 Å². The Morgan fingerprint density at radius 2 is 2.57 bits per heavy atom.